The van der Waals surface area contributed by atoms with E-state index in [1.54, 1.807) is 13.8 Å². The Bertz CT molecular complexity index is 202. The molecule has 0 spiro atoms. The molecule has 1 fully saturated rings. The van der Waals surface area contributed by atoms with Crippen LogP contribution < -0.4 is 0 Å². The average Bonchev–Trinajstić information content (AvgIpc) is 2.16. The molecule has 1 N–H and O–H groups in total. The predicted octanol–water partition coefficient (Wildman–Crippen LogP) is 0.873. The molecule has 1 aliphatic rings. The summed E-state index contributed by atoms with van der Waals surface area (Å²) >= 11 is 1.46. The Morgan fingerprint density at radius 1 is 1.50 bits per heavy atom. The van der Waals surface area contributed by atoms with Gasteiger partial charge in [0, 0.05) is 19.0 Å². The van der Waals surface area contributed by atoms with Crippen LogP contribution in [0.15, 0.2) is 0 Å². The molecule has 0 amide bonds. The van der Waals surface area contributed by atoms with Gasteiger partial charge in [0.1, 0.15) is 4.75 Å². The molecule has 82 valence electrons. The number of thioether (sulfide) groups is 1. The van der Waals surface area contributed by atoms with E-state index in [0.717, 1.165) is 32.2 Å². The van der Waals surface area contributed by atoms with E-state index in [9.17, 15) is 4.79 Å². The third kappa shape index (κ3) is 3.48. The summed E-state index contributed by atoms with van der Waals surface area (Å²) < 4.78 is 4.52. The van der Waals surface area contributed by atoms with Crippen LogP contribution in [0, 0.1) is 0 Å². The van der Waals surface area contributed by atoms with Gasteiger partial charge in [0.05, 0.1) is 13.2 Å². The van der Waals surface area contributed by atoms with E-state index >= 15 is 0 Å². The molecular formula is C9H17NO3S. The summed E-state index contributed by atoms with van der Waals surface area (Å²) in [5, 5.41) is 8.91. The summed E-state index contributed by atoms with van der Waals surface area (Å²) in [6, 6.07) is 0. The lowest BCUT2D eigenvalue weighted by Crippen LogP contribution is -2.38. The molecule has 0 saturated carbocycles. The zero-order valence-electron chi connectivity index (χ0n) is 8.65. The first-order chi connectivity index (χ1) is 6.52. The van der Waals surface area contributed by atoms with Crippen LogP contribution in [-0.2, 0) is 9.53 Å². The highest BCUT2D eigenvalue weighted by molar-refractivity contribution is 8.01. The molecule has 0 radical (unpaired) electrons. The number of carboxylic acids is 1. The number of rotatable bonds is 4. The van der Waals surface area contributed by atoms with Crippen LogP contribution in [0.4, 0.5) is 0 Å². The Hall–Kier alpha value is -0.260. The highest BCUT2D eigenvalue weighted by Crippen LogP contribution is 2.25. The van der Waals surface area contributed by atoms with E-state index in [-0.39, 0.29) is 0 Å². The van der Waals surface area contributed by atoms with Crippen molar-refractivity contribution in [2.75, 3.05) is 32.2 Å². The Morgan fingerprint density at radius 2 is 2.07 bits per heavy atom. The van der Waals surface area contributed by atoms with Gasteiger partial charge >= 0.3 is 5.97 Å². The van der Waals surface area contributed by atoms with Crippen molar-refractivity contribution in [3.63, 3.8) is 0 Å². The van der Waals surface area contributed by atoms with Crippen molar-refractivity contribution < 1.29 is 14.6 Å². The maximum absolute atomic E-state index is 10.8. The molecule has 0 aromatic carbocycles. The molecule has 1 rings (SSSR count). The lowest BCUT2D eigenvalue weighted by atomic mass is 10.2. The van der Waals surface area contributed by atoms with E-state index in [1.165, 1.54) is 11.8 Å². The van der Waals surface area contributed by atoms with Crippen LogP contribution in [0.25, 0.3) is 0 Å². The van der Waals surface area contributed by atoms with E-state index in [2.05, 4.69) is 4.90 Å². The van der Waals surface area contributed by atoms with Crippen molar-refractivity contribution in [3.05, 3.63) is 0 Å². The molecule has 0 aliphatic carbocycles. The van der Waals surface area contributed by atoms with Crippen molar-refractivity contribution in [2.45, 2.75) is 18.6 Å². The molecule has 4 nitrogen and oxygen atoms in total. The lowest BCUT2D eigenvalue weighted by Gasteiger charge is -2.29. The molecule has 1 aliphatic heterocycles. The third-order valence-electron chi connectivity index (χ3n) is 2.23. The van der Waals surface area contributed by atoms with E-state index in [4.69, 9.17) is 9.84 Å². The van der Waals surface area contributed by atoms with Gasteiger partial charge in [-0.2, -0.15) is 0 Å². The highest BCUT2D eigenvalue weighted by atomic mass is 32.2. The fourth-order valence-electron chi connectivity index (χ4n) is 1.04. The Balaban J connectivity index is 2.28. The molecule has 0 aromatic heterocycles. The van der Waals surface area contributed by atoms with E-state index in [0.29, 0.717) is 0 Å². The summed E-state index contributed by atoms with van der Waals surface area (Å²) in [6.07, 6.45) is 0. The second kappa shape index (κ2) is 5.00. The van der Waals surface area contributed by atoms with Gasteiger partial charge in [0.15, 0.2) is 0 Å². The minimum atomic E-state index is -0.754. The predicted molar refractivity (Wildman–Crippen MR) is 56.6 cm³/mol. The van der Waals surface area contributed by atoms with Crippen LogP contribution in [0.5, 0.6) is 0 Å². The fourth-order valence-corrected chi connectivity index (χ4v) is 1.93. The summed E-state index contributed by atoms with van der Waals surface area (Å²) in [4.78, 5) is 13.1. The number of hydrogen-bond acceptors (Lipinski definition) is 4. The first kappa shape index (κ1) is 11.8. The summed E-state index contributed by atoms with van der Waals surface area (Å²) in [5.41, 5.74) is 0. The molecule has 0 unspecified atom stereocenters. The molecule has 0 bridgehead atoms. The van der Waals surface area contributed by atoms with Crippen molar-refractivity contribution in [1.82, 2.24) is 4.90 Å². The second-order valence-electron chi connectivity index (χ2n) is 3.82. The Morgan fingerprint density at radius 3 is 2.57 bits per heavy atom. The van der Waals surface area contributed by atoms with Gasteiger partial charge in [-0.3, -0.25) is 9.69 Å². The number of carbonyl (C=O) groups is 1. The monoisotopic (exact) mass is 219 g/mol. The molecule has 0 atom stereocenters. The van der Waals surface area contributed by atoms with Gasteiger partial charge in [-0.15, -0.1) is 11.8 Å². The number of hydrogen-bond donors (Lipinski definition) is 1. The van der Waals surface area contributed by atoms with E-state index < -0.39 is 10.7 Å². The largest absolute Gasteiger partial charge is 0.480 e. The van der Waals surface area contributed by atoms with Crippen LogP contribution in [-0.4, -0.2) is 52.9 Å². The van der Waals surface area contributed by atoms with Gasteiger partial charge in [-0.25, -0.2) is 0 Å². The van der Waals surface area contributed by atoms with Crippen LogP contribution in [0.3, 0.4) is 0 Å². The van der Waals surface area contributed by atoms with Crippen molar-refractivity contribution in [3.8, 4) is 0 Å². The van der Waals surface area contributed by atoms with E-state index in [1.807, 2.05) is 0 Å². The Kier molecular flexibility index (Phi) is 4.22. The zero-order valence-corrected chi connectivity index (χ0v) is 9.47. The number of carboxylic acid groups (broad SMARTS) is 1. The molecule has 0 aromatic rings. The lowest BCUT2D eigenvalue weighted by molar-refractivity contribution is -0.138. The second-order valence-corrected chi connectivity index (χ2v) is 5.39. The molecule has 14 heavy (non-hydrogen) atoms. The van der Waals surface area contributed by atoms with Crippen LogP contribution in [0.2, 0.25) is 0 Å². The maximum Gasteiger partial charge on any atom is 0.319 e. The minimum Gasteiger partial charge on any atom is -0.480 e. The van der Waals surface area contributed by atoms with Gasteiger partial charge in [0.2, 0.25) is 0 Å². The maximum atomic E-state index is 10.8. The van der Waals surface area contributed by atoms with Gasteiger partial charge in [-0.05, 0) is 13.8 Å². The molecule has 1 heterocycles. The SMILES string of the molecule is CC(C)(SCN1CCOCC1)C(=O)O. The molecule has 1 saturated heterocycles. The quantitative estimate of drug-likeness (QED) is 0.760. The minimum absolute atomic E-state index is 0.696. The first-order valence-corrected chi connectivity index (χ1v) is 5.68. The van der Waals surface area contributed by atoms with Gasteiger partial charge < -0.3 is 9.84 Å². The van der Waals surface area contributed by atoms with Crippen molar-refractivity contribution in [2.24, 2.45) is 0 Å². The highest BCUT2D eigenvalue weighted by Gasteiger charge is 2.28. The summed E-state index contributed by atoms with van der Waals surface area (Å²) in [5.74, 6) is 0.0126. The standard InChI is InChI=1S/C9H17NO3S/c1-9(2,8(11)12)14-7-10-3-5-13-6-4-10/h3-7H2,1-2H3,(H,11,12). The molecule has 5 heteroatoms. The van der Waals surface area contributed by atoms with Gasteiger partial charge in [-0.1, -0.05) is 0 Å². The van der Waals surface area contributed by atoms with Crippen LogP contribution in [0.1, 0.15) is 13.8 Å². The van der Waals surface area contributed by atoms with Crippen LogP contribution >= 0.6 is 11.8 Å². The zero-order chi connectivity index (χ0) is 10.6. The number of ether oxygens (including phenoxy) is 1. The van der Waals surface area contributed by atoms with Crippen molar-refractivity contribution in [1.29, 1.82) is 0 Å². The summed E-state index contributed by atoms with van der Waals surface area (Å²) in [7, 11) is 0. The normalized spacial score (nSPS) is 19.6. The number of aliphatic carboxylic acids is 1. The fraction of sp³-hybridized carbons (Fsp3) is 0.889. The summed E-state index contributed by atoms with van der Waals surface area (Å²) in [6.45, 7) is 6.80. The molecular weight excluding hydrogens is 202 g/mol. The van der Waals surface area contributed by atoms with Crippen molar-refractivity contribution >= 4 is 17.7 Å². The number of morpholine rings is 1. The smallest absolute Gasteiger partial charge is 0.319 e. The first-order valence-electron chi connectivity index (χ1n) is 4.70. The third-order valence-corrected chi connectivity index (χ3v) is 3.62. The van der Waals surface area contributed by atoms with Gasteiger partial charge in [0.25, 0.3) is 0 Å². The average molecular weight is 219 g/mol. The topological polar surface area (TPSA) is 49.8 Å². The Labute approximate surface area is 88.6 Å². The number of nitrogens with zero attached hydrogens (tertiary/aromatic N) is 1.